The smallest absolute Gasteiger partial charge is 0.160 e. The molecule has 0 N–H and O–H groups in total. The van der Waals surface area contributed by atoms with Crippen molar-refractivity contribution >= 4 is 11.1 Å². The van der Waals surface area contributed by atoms with E-state index in [1.165, 1.54) is 77.9 Å². The highest BCUT2D eigenvalue weighted by molar-refractivity contribution is 5.96. The molecular formula is C59H40N2. The van der Waals surface area contributed by atoms with Crippen LogP contribution in [-0.4, -0.2) is 9.97 Å². The Balaban J connectivity index is 0.889. The van der Waals surface area contributed by atoms with E-state index in [2.05, 4.69) is 200 Å². The van der Waals surface area contributed by atoms with Crippen LogP contribution in [0.3, 0.4) is 0 Å². The van der Waals surface area contributed by atoms with Crippen molar-refractivity contribution in [2.75, 3.05) is 0 Å². The fraction of sp³-hybridized carbons (Fsp3) is 0.0508. The van der Waals surface area contributed by atoms with Crippen molar-refractivity contribution < 1.29 is 0 Å². The molecule has 1 aromatic heterocycles. The molecule has 0 bridgehead atoms. The molecule has 3 aliphatic rings. The molecule has 9 aromatic rings. The number of nitrogens with zero attached hydrogens (tertiary/aromatic N) is 2. The van der Waals surface area contributed by atoms with Gasteiger partial charge >= 0.3 is 0 Å². The van der Waals surface area contributed by atoms with E-state index in [-0.39, 0.29) is 5.41 Å². The van der Waals surface area contributed by atoms with Crippen molar-refractivity contribution in [3.63, 3.8) is 0 Å². The fourth-order valence-corrected chi connectivity index (χ4v) is 10.2. The Morgan fingerprint density at radius 3 is 1.33 bits per heavy atom. The van der Waals surface area contributed by atoms with E-state index in [0.717, 1.165) is 46.7 Å². The van der Waals surface area contributed by atoms with Crippen LogP contribution in [0.25, 0.3) is 78.4 Å². The van der Waals surface area contributed by atoms with E-state index in [1.54, 1.807) is 0 Å². The first-order valence-corrected chi connectivity index (χ1v) is 21.3. The topological polar surface area (TPSA) is 25.8 Å². The highest BCUT2D eigenvalue weighted by Crippen LogP contribution is 2.62. The minimum Gasteiger partial charge on any atom is -0.228 e. The van der Waals surface area contributed by atoms with Crippen LogP contribution < -0.4 is 0 Å². The van der Waals surface area contributed by atoms with Crippen LogP contribution in [0.4, 0.5) is 0 Å². The molecular weight excluding hydrogens is 737 g/mol. The van der Waals surface area contributed by atoms with E-state index >= 15 is 0 Å². The summed E-state index contributed by atoms with van der Waals surface area (Å²) in [6.07, 6.45) is 6.62. The molecule has 8 aromatic carbocycles. The van der Waals surface area contributed by atoms with Gasteiger partial charge in [-0.05, 0) is 109 Å². The second-order valence-electron chi connectivity index (χ2n) is 16.4. The molecule has 0 atom stereocenters. The lowest BCUT2D eigenvalue weighted by Gasteiger charge is -2.30. The minimum absolute atomic E-state index is 0.310. The minimum atomic E-state index is -0.310. The van der Waals surface area contributed by atoms with Crippen LogP contribution in [0.1, 0.15) is 46.2 Å². The lowest BCUT2D eigenvalue weighted by molar-refractivity contribution is 0.793. The predicted octanol–water partition coefficient (Wildman–Crippen LogP) is 14.7. The fourth-order valence-electron chi connectivity index (χ4n) is 10.2. The Morgan fingerprint density at radius 1 is 0.295 bits per heavy atom. The third-order valence-electron chi connectivity index (χ3n) is 13.1. The summed E-state index contributed by atoms with van der Waals surface area (Å²) in [5.74, 6) is 0.722. The van der Waals surface area contributed by atoms with Crippen LogP contribution in [0, 0.1) is 0 Å². The van der Waals surface area contributed by atoms with E-state index in [1.807, 2.05) is 18.2 Å². The summed E-state index contributed by atoms with van der Waals surface area (Å²) in [6, 6.07) is 74.8. The predicted molar refractivity (Wildman–Crippen MR) is 252 cm³/mol. The van der Waals surface area contributed by atoms with Gasteiger partial charge in [-0.2, -0.15) is 0 Å². The van der Waals surface area contributed by atoms with Crippen molar-refractivity contribution in [1.82, 2.24) is 9.97 Å². The monoisotopic (exact) mass is 776 g/mol. The maximum Gasteiger partial charge on any atom is 0.160 e. The van der Waals surface area contributed by atoms with Crippen molar-refractivity contribution in [3.8, 4) is 67.3 Å². The average Bonchev–Trinajstić information content (AvgIpc) is 3.82. The van der Waals surface area contributed by atoms with Gasteiger partial charge in [0.25, 0.3) is 0 Å². The van der Waals surface area contributed by atoms with Crippen LogP contribution in [0.5, 0.6) is 0 Å². The van der Waals surface area contributed by atoms with Gasteiger partial charge in [0.15, 0.2) is 5.82 Å². The summed E-state index contributed by atoms with van der Waals surface area (Å²) >= 11 is 0. The van der Waals surface area contributed by atoms with Gasteiger partial charge in [-0.3, -0.25) is 0 Å². The molecule has 0 radical (unpaired) electrons. The molecule has 0 saturated heterocycles. The molecule has 1 heterocycles. The van der Waals surface area contributed by atoms with Crippen molar-refractivity contribution in [2.24, 2.45) is 0 Å². The highest BCUT2D eigenvalue weighted by Gasteiger charge is 2.51. The third-order valence-corrected chi connectivity index (χ3v) is 13.1. The van der Waals surface area contributed by atoms with Gasteiger partial charge in [0, 0.05) is 16.7 Å². The molecule has 0 saturated carbocycles. The summed E-state index contributed by atoms with van der Waals surface area (Å²) in [7, 11) is 0. The van der Waals surface area contributed by atoms with Gasteiger partial charge in [-0.1, -0.05) is 200 Å². The number of allylic oxidation sites excluding steroid dienone is 4. The number of rotatable bonds is 6. The molecule has 12 rings (SSSR count). The number of hydrogen-bond donors (Lipinski definition) is 0. The largest absolute Gasteiger partial charge is 0.228 e. The first-order chi connectivity index (χ1) is 30.2. The Bertz CT molecular complexity index is 3180. The Labute approximate surface area is 356 Å². The molecule has 1 spiro atoms. The normalized spacial score (nSPS) is 14.1. The summed E-state index contributed by atoms with van der Waals surface area (Å²) < 4.78 is 0. The summed E-state index contributed by atoms with van der Waals surface area (Å²) in [5, 5.41) is 0. The Morgan fingerprint density at radius 2 is 0.721 bits per heavy atom. The lowest BCUT2D eigenvalue weighted by atomic mass is 9.70. The molecule has 61 heavy (non-hydrogen) atoms. The lowest BCUT2D eigenvalue weighted by Crippen LogP contribution is -2.25. The van der Waals surface area contributed by atoms with Gasteiger partial charge < -0.3 is 0 Å². The summed E-state index contributed by atoms with van der Waals surface area (Å²) in [5.41, 5.74) is 23.2. The quantitative estimate of drug-likeness (QED) is 0.168. The van der Waals surface area contributed by atoms with Crippen LogP contribution in [0.15, 0.2) is 218 Å². The Kier molecular flexibility index (Phi) is 8.24. The maximum atomic E-state index is 5.16. The summed E-state index contributed by atoms with van der Waals surface area (Å²) in [4.78, 5) is 10.3. The van der Waals surface area contributed by atoms with Gasteiger partial charge in [0.2, 0.25) is 0 Å². The zero-order valence-electron chi connectivity index (χ0n) is 33.6. The van der Waals surface area contributed by atoms with E-state index < -0.39 is 0 Å². The van der Waals surface area contributed by atoms with Crippen LogP contribution in [0.2, 0.25) is 0 Å². The average molecular weight is 777 g/mol. The molecule has 0 aliphatic heterocycles. The number of aromatic nitrogens is 2. The van der Waals surface area contributed by atoms with Gasteiger partial charge in [0.1, 0.15) is 0 Å². The van der Waals surface area contributed by atoms with Gasteiger partial charge in [-0.15, -0.1) is 0 Å². The zero-order chi connectivity index (χ0) is 40.3. The van der Waals surface area contributed by atoms with Crippen molar-refractivity contribution in [2.45, 2.75) is 18.3 Å². The maximum absolute atomic E-state index is 5.16. The third kappa shape index (κ3) is 5.71. The van der Waals surface area contributed by atoms with Crippen LogP contribution in [-0.2, 0) is 5.41 Å². The number of hydrogen-bond acceptors (Lipinski definition) is 2. The SMILES string of the molecule is C1=C(c2cccc(-c3cc(-c4ccc(-c5ccccc5)cc4)nc(-c4ccccc4)n3)c2)CCC(c2ccc3c(c2)-c2ccccc2C32c3ccccc3-c3ccccc32)=C1. The number of fused-ring (bicyclic) bond motifs is 10. The standard InChI is InChI=1S/C59H40N2/c1-3-14-39(15-4-1)40-30-32-43(33-31-40)56-38-57(61-58(60-56)44-16-5-2-6-17-44)47-19-13-18-45(36-47)41-26-28-42(29-27-41)46-34-35-55-51(37-46)50-22-9-12-25-54(50)59(55)52-23-10-7-20-48(52)49-21-8-11-24-53(49)59/h1-26,28,30-38H,27,29H2. The van der Waals surface area contributed by atoms with E-state index in [0.29, 0.717) is 0 Å². The van der Waals surface area contributed by atoms with Crippen molar-refractivity contribution in [3.05, 3.63) is 252 Å². The van der Waals surface area contributed by atoms with E-state index in [4.69, 9.17) is 9.97 Å². The molecule has 0 amide bonds. The van der Waals surface area contributed by atoms with Crippen molar-refractivity contribution in [1.29, 1.82) is 0 Å². The molecule has 3 aliphatic carbocycles. The van der Waals surface area contributed by atoms with Gasteiger partial charge in [0.05, 0.1) is 16.8 Å². The second-order valence-corrected chi connectivity index (χ2v) is 16.4. The van der Waals surface area contributed by atoms with E-state index in [9.17, 15) is 0 Å². The first kappa shape index (κ1) is 35.3. The second kappa shape index (κ2) is 14.3. The highest BCUT2D eigenvalue weighted by atomic mass is 14.9. The zero-order valence-corrected chi connectivity index (χ0v) is 33.6. The molecule has 0 unspecified atom stereocenters. The molecule has 286 valence electrons. The molecule has 0 fully saturated rings. The van der Waals surface area contributed by atoms with Gasteiger partial charge in [-0.25, -0.2) is 9.97 Å². The van der Waals surface area contributed by atoms with Crippen LogP contribution >= 0.6 is 0 Å². The molecule has 2 nitrogen and oxygen atoms in total. The Hall–Kier alpha value is -7.68. The molecule has 2 heteroatoms. The number of benzene rings is 8. The summed E-state index contributed by atoms with van der Waals surface area (Å²) in [6.45, 7) is 0. The first-order valence-electron chi connectivity index (χ1n) is 21.3.